The quantitative estimate of drug-likeness (QED) is 0.883. The highest BCUT2D eigenvalue weighted by atomic mass is 32.2. The predicted molar refractivity (Wildman–Crippen MR) is 92.8 cm³/mol. The molecular weight excluding hydrogens is 327 g/mol. The molecule has 2 N–H and O–H groups in total. The summed E-state index contributed by atoms with van der Waals surface area (Å²) in [4.78, 5) is 13.2. The van der Waals surface area contributed by atoms with Gasteiger partial charge in [0.25, 0.3) is 0 Å². The molecule has 2 aromatic carbocycles. The van der Waals surface area contributed by atoms with E-state index in [0.717, 1.165) is 33.9 Å². The molecule has 1 aliphatic heterocycles. The van der Waals surface area contributed by atoms with E-state index in [1.165, 1.54) is 12.1 Å². The highest BCUT2D eigenvalue weighted by Gasteiger charge is 2.22. The number of thioether (sulfide) groups is 1. The van der Waals surface area contributed by atoms with E-state index in [9.17, 15) is 9.18 Å². The number of ether oxygens (including phenoxy) is 1. The Morgan fingerprint density at radius 3 is 2.83 bits per heavy atom. The number of rotatable bonds is 4. The van der Waals surface area contributed by atoms with Crippen LogP contribution in [0.25, 0.3) is 0 Å². The van der Waals surface area contributed by atoms with Gasteiger partial charge in [0.15, 0.2) is 0 Å². The minimum Gasteiger partial charge on any atom is -0.497 e. The third-order valence-corrected chi connectivity index (χ3v) is 5.05. The van der Waals surface area contributed by atoms with Gasteiger partial charge in [0, 0.05) is 17.2 Å². The Kier molecular flexibility index (Phi) is 5.25. The Balaban J connectivity index is 1.58. The van der Waals surface area contributed by atoms with Crippen LogP contribution in [-0.4, -0.2) is 18.9 Å². The van der Waals surface area contributed by atoms with E-state index < -0.39 is 0 Å². The number of halogens is 1. The van der Waals surface area contributed by atoms with Crippen molar-refractivity contribution in [3.63, 3.8) is 0 Å². The molecule has 3 rings (SSSR count). The lowest BCUT2D eigenvalue weighted by Gasteiger charge is -2.26. The van der Waals surface area contributed by atoms with E-state index in [4.69, 9.17) is 4.74 Å². The van der Waals surface area contributed by atoms with Crippen molar-refractivity contribution in [1.82, 2.24) is 10.6 Å². The van der Waals surface area contributed by atoms with Crippen molar-refractivity contribution < 1.29 is 13.9 Å². The molecular formula is C18H19FN2O2S. The fourth-order valence-electron chi connectivity index (χ4n) is 2.65. The molecule has 2 aromatic rings. The Morgan fingerprint density at radius 1 is 1.29 bits per heavy atom. The summed E-state index contributed by atoms with van der Waals surface area (Å²) in [6, 6.07) is 11.8. The Labute approximate surface area is 144 Å². The zero-order chi connectivity index (χ0) is 16.9. The molecule has 2 amide bonds. The molecule has 126 valence electrons. The van der Waals surface area contributed by atoms with Gasteiger partial charge in [0.05, 0.1) is 13.2 Å². The first kappa shape index (κ1) is 16.6. The topological polar surface area (TPSA) is 50.4 Å². The summed E-state index contributed by atoms with van der Waals surface area (Å²) >= 11 is 1.69. The summed E-state index contributed by atoms with van der Waals surface area (Å²) in [5.41, 5.74) is 1.84. The minimum absolute atomic E-state index is 0.159. The molecule has 1 aliphatic rings. The number of carbonyl (C=O) groups excluding carboxylic acids is 1. The van der Waals surface area contributed by atoms with Gasteiger partial charge in [-0.2, -0.15) is 0 Å². The number of benzene rings is 2. The van der Waals surface area contributed by atoms with Crippen molar-refractivity contribution in [1.29, 1.82) is 0 Å². The van der Waals surface area contributed by atoms with Gasteiger partial charge >= 0.3 is 6.03 Å². The third-order valence-electron chi connectivity index (χ3n) is 3.93. The molecule has 0 saturated carbocycles. The van der Waals surface area contributed by atoms with E-state index in [0.29, 0.717) is 6.54 Å². The van der Waals surface area contributed by atoms with Crippen LogP contribution in [0.5, 0.6) is 5.75 Å². The lowest BCUT2D eigenvalue weighted by molar-refractivity contribution is 0.236. The molecule has 0 bridgehead atoms. The van der Waals surface area contributed by atoms with Crippen LogP contribution in [0.4, 0.5) is 9.18 Å². The molecule has 0 aliphatic carbocycles. The summed E-state index contributed by atoms with van der Waals surface area (Å²) < 4.78 is 18.6. The first-order valence-corrected chi connectivity index (χ1v) is 8.74. The molecule has 0 fully saturated rings. The van der Waals surface area contributed by atoms with Gasteiger partial charge in [0.1, 0.15) is 11.6 Å². The van der Waals surface area contributed by atoms with Crippen LogP contribution < -0.4 is 15.4 Å². The standard InChI is InChI=1S/C18H19FN2O2S/c1-23-14-5-2-12(3-6-14)11-20-18(22)21-16-8-9-24-17-7-4-13(19)10-15(16)17/h2-7,10,16H,8-9,11H2,1H3,(H2,20,21,22). The molecule has 24 heavy (non-hydrogen) atoms. The maximum atomic E-state index is 13.5. The van der Waals surface area contributed by atoms with Crippen molar-refractivity contribution in [2.45, 2.75) is 23.9 Å². The fraction of sp³-hybridized carbons (Fsp3) is 0.278. The van der Waals surface area contributed by atoms with Crippen LogP contribution in [-0.2, 0) is 6.54 Å². The van der Waals surface area contributed by atoms with E-state index in [2.05, 4.69) is 10.6 Å². The monoisotopic (exact) mass is 346 g/mol. The van der Waals surface area contributed by atoms with Crippen LogP contribution in [0, 0.1) is 5.82 Å². The van der Waals surface area contributed by atoms with E-state index in [-0.39, 0.29) is 17.9 Å². The van der Waals surface area contributed by atoms with Crippen molar-refractivity contribution >= 4 is 17.8 Å². The summed E-state index contributed by atoms with van der Waals surface area (Å²) in [6.07, 6.45) is 0.789. The van der Waals surface area contributed by atoms with Crippen LogP contribution >= 0.6 is 11.8 Å². The molecule has 0 spiro atoms. The summed E-state index contributed by atoms with van der Waals surface area (Å²) in [5, 5.41) is 5.78. The van der Waals surface area contributed by atoms with E-state index >= 15 is 0 Å². The zero-order valence-electron chi connectivity index (χ0n) is 13.3. The van der Waals surface area contributed by atoms with Crippen LogP contribution in [0.1, 0.15) is 23.6 Å². The van der Waals surface area contributed by atoms with Crippen molar-refractivity contribution in [2.24, 2.45) is 0 Å². The van der Waals surface area contributed by atoms with Crippen LogP contribution in [0.3, 0.4) is 0 Å². The van der Waals surface area contributed by atoms with Gasteiger partial charge in [-0.1, -0.05) is 12.1 Å². The molecule has 1 atom stereocenters. The summed E-state index contributed by atoms with van der Waals surface area (Å²) in [6.45, 7) is 0.424. The average molecular weight is 346 g/mol. The predicted octanol–water partition coefficient (Wildman–Crippen LogP) is 3.87. The Hall–Kier alpha value is -2.21. The first-order valence-electron chi connectivity index (χ1n) is 7.75. The Morgan fingerprint density at radius 2 is 2.08 bits per heavy atom. The second-order valence-electron chi connectivity index (χ2n) is 5.55. The number of fused-ring (bicyclic) bond motifs is 1. The number of amides is 2. The summed E-state index contributed by atoms with van der Waals surface area (Å²) in [5.74, 6) is 1.41. The largest absolute Gasteiger partial charge is 0.497 e. The van der Waals surface area contributed by atoms with Gasteiger partial charge in [-0.25, -0.2) is 9.18 Å². The number of hydrogen-bond donors (Lipinski definition) is 2. The van der Waals surface area contributed by atoms with Crippen LogP contribution in [0.15, 0.2) is 47.4 Å². The smallest absolute Gasteiger partial charge is 0.315 e. The number of hydrogen-bond acceptors (Lipinski definition) is 3. The van der Waals surface area contributed by atoms with E-state index in [1.54, 1.807) is 24.9 Å². The molecule has 0 aromatic heterocycles. The van der Waals surface area contributed by atoms with Gasteiger partial charge in [-0.3, -0.25) is 0 Å². The van der Waals surface area contributed by atoms with E-state index in [1.807, 2.05) is 24.3 Å². The maximum absolute atomic E-state index is 13.5. The SMILES string of the molecule is COc1ccc(CNC(=O)NC2CCSc3ccc(F)cc32)cc1. The second-order valence-corrected chi connectivity index (χ2v) is 6.68. The maximum Gasteiger partial charge on any atom is 0.315 e. The number of urea groups is 1. The second kappa shape index (κ2) is 7.57. The van der Waals surface area contributed by atoms with Gasteiger partial charge < -0.3 is 15.4 Å². The number of methoxy groups -OCH3 is 1. The fourth-order valence-corrected chi connectivity index (χ4v) is 3.76. The number of nitrogens with one attached hydrogen (secondary N) is 2. The van der Waals surface area contributed by atoms with Crippen molar-refractivity contribution in [3.8, 4) is 5.75 Å². The lowest BCUT2D eigenvalue weighted by atomic mass is 10.0. The lowest BCUT2D eigenvalue weighted by Crippen LogP contribution is -2.38. The average Bonchev–Trinajstić information content (AvgIpc) is 2.61. The van der Waals surface area contributed by atoms with Gasteiger partial charge in [0.2, 0.25) is 0 Å². The molecule has 1 unspecified atom stereocenters. The molecule has 0 saturated heterocycles. The van der Waals surface area contributed by atoms with Crippen molar-refractivity contribution in [3.05, 3.63) is 59.4 Å². The number of carbonyl (C=O) groups is 1. The van der Waals surface area contributed by atoms with Gasteiger partial charge in [-0.15, -0.1) is 11.8 Å². The van der Waals surface area contributed by atoms with Crippen LogP contribution in [0.2, 0.25) is 0 Å². The molecule has 4 nitrogen and oxygen atoms in total. The molecule has 1 heterocycles. The molecule has 6 heteroatoms. The first-order chi connectivity index (χ1) is 11.7. The third kappa shape index (κ3) is 4.00. The normalized spacial score (nSPS) is 16.2. The van der Waals surface area contributed by atoms with Gasteiger partial charge in [-0.05, 0) is 47.9 Å². The molecule has 0 radical (unpaired) electrons. The Bertz CT molecular complexity index is 721. The summed E-state index contributed by atoms with van der Waals surface area (Å²) in [7, 11) is 1.61. The zero-order valence-corrected chi connectivity index (χ0v) is 14.2. The minimum atomic E-state index is -0.276. The highest BCUT2D eigenvalue weighted by molar-refractivity contribution is 7.99. The van der Waals surface area contributed by atoms with Crippen molar-refractivity contribution in [2.75, 3.05) is 12.9 Å². The highest BCUT2D eigenvalue weighted by Crippen LogP contribution is 2.36.